The Morgan fingerprint density at radius 2 is 1.82 bits per heavy atom. The number of aromatic amines is 1. The van der Waals surface area contributed by atoms with E-state index in [9.17, 15) is 4.79 Å². The van der Waals surface area contributed by atoms with E-state index in [-0.39, 0.29) is 5.91 Å². The lowest BCUT2D eigenvalue weighted by Gasteiger charge is -2.15. The van der Waals surface area contributed by atoms with Crippen LogP contribution in [0.15, 0.2) is 73.1 Å². The summed E-state index contributed by atoms with van der Waals surface area (Å²) >= 11 is 11.7. The first-order valence-corrected chi connectivity index (χ1v) is 12.0. The van der Waals surface area contributed by atoms with Gasteiger partial charge in [-0.1, -0.05) is 35.9 Å². The maximum Gasteiger partial charge on any atom is 0.269 e. The van der Waals surface area contributed by atoms with Crippen LogP contribution in [0, 0.1) is 0 Å². The summed E-state index contributed by atoms with van der Waals surface area (Å²) in [7, 11) is 0. The summed E-state index contributed by atoms with van der Waals surface area (Å²) in [4.78, 5) is 19.5. The van der Waals surface area contributed by atoms with Crippen LogP contribution in [-0.2, 0) is 12.8 Å². The van der Waals surface area contributed by atoms with E-state index in [4.69, 9.17) is 23.8 Å². The Hall–Kier alpha value is -3.42. The van der Waals surface area contributed by atoms with Gasteiger partial charge in [-0.25, -0.2) is 0 Å². The third-order valence-electron chi connectivity index (χ3n) is 5.48. The number of hydrogen-bond donors (Lipinski definition) is 4. The molecule has 0 spiro atoms. The number of halogens is 1. The van der Waals surface area contributed by atoms with Crippen LogP contribution in [0.4, 0.5) is 5.69 Å². The molecule has 2 heterocycles. The number of carbonyl (C=O) groups is 1. The molecule has 0 saturated heterocycles. The number of benzene rings is 2. The second kappa shape index (κ2) is 11.6. The first-order valence-electron chi connectivity index (χ1n) is 11.2. The van der Waals surface area contributed by atoms with Gasteiger partial charge in [-0.3, -0.25) is 9.78 Å². The van der Waals surface area contributed by atoms with E-state index in [1.807, 2.05) is 36.5 Å². The highest BCUT2D eigenvalue weighted by molar-refractivity contribution is 7.80. The normalized spacial score (nSPS) is 10.7. The van der Waals surface area contributed by atoms with Gasteiger partial charge in [0.2, 0.25) is 0 Å². The molecule has 34 heavy (non-hydrogen) atoms. The predicted octanol–water partition coefficient (Wildman–Crippen LogP) is 5.11. The molecule has 6 nitrogen and oxygen atoms in total. The number of fused-ring (bicyclic) bond motifs is 1. The van der Waals surface area contributed by atoms with E-state index >= 15 is 0 Å². The fourth-order valence-corrected chi connectivity index (χ4v) is 4.18. The van der Waals surface area contributed by atoms with Crippen molar-refractivity contribution in [3.05, 3.63) is 94.9 Å². The molecule has 0 radical (unpaired) electrons. The smallest absolute Gasteiger partial charge is 0.269 e. The van der Waals surface area contributed by atoms with Gasteiger partial charge in [0, 0.05) is 47.1 Å². The van der Waals surface area contributed by atoms with Gasteiger partial charge in [0.05, 0.1) is 0 Å². The molecule has 0 aliphatic rings. The number of H-pyrrole nitrogens is 1. The van der Waals surface area contributed by atoms with Crippen molar-refractivity contribution >= 4 is 51.4 Å². The molecular formula is C26H26ClN5OS. The Bertz CT molecular complexity index is 1270. The zero-order chi connectivity index (χ0) is 23.8. The van der Waals surface area contributed by atoms with Gasteiger partial charge < -0.3 is 20.9 Å². The van der Waals surface area contributed by atoms with Gasteiger partial charge in [-0.15, -0.1) is 0 Å². The molecule has 174 valence electrons. The van der Waals surface area contributed by atoms with Crippen LogP contribution in [-0.4, -0.2) is 34.1 Å². The van der Waals surface area contributed by atoms with Crippen LogP contribution in [0.1, 0.15) is 28.0 Å². The van der Waals surface area contributed by atoms with Crippen LogP contribution < -0.4 is 16.0 Å². The van der Waals surface area contributed by atoms with Crippen molar-refractivity contribution < 1.29 is 4.79 Å². The first-order chi connectivity index (χ1) is 16.6. The monoisotopic (exact) mass is 491 g/mol. The van der Waals surface area contributed by atoms with E-state index in [1.165, 1.54) is 10.9 Å². The van der Waals surface area contributed by atoms with E-state index < -0.39 is 0 Å². The summed E-state index contributed by atoms with van der Waals surface area (Å²) in [5.41, 5.74) is 4.76. The summed E-state index contributed by atoms with van der Waals surface area (Å²) in [5, 5.41) is 11.9. The van der Waals surface area contributed by atoms with Gasteiger partial charge >= 0.3 is 0 Å². The third kappa shape index (κ3) is 6.34. The number of amides is 1. The van der Waals surface area contributed by atoms with Crippen LogP contribution in [0.5, 0.6) is 0 Å². The van der Waals surface area contributed by atoms with Gasteiger partial charge in [-0.05, 0) is 79.0 Å². The molecule has 4 aromatic rings. The molecule has 0 aliphatic heterocycles. The van der Waals surface area contributed by atoms with Crippen molar-refractivity contribution in [3.8, 4) is 0 Å². The number of pyridine rings is 1. The number of carbonyl (C=O) groups excluding carboxylic acids is 1. The number of anilines is 1. The van der Waals surface area contributed by atoms with Crippen LogP contribution in [0.2, 0.25) is 5.02 Å². The zero-order valence-electron chi connectivity index (χ0n) is 18.6. The van der Waals surface area contributed by atoms with Crippen molar-refractivity contribution in [3.63, 3.8) is 0 Å². The van der Waals surface area contributed by atoms with Crippen molar-refractivity contribution in [1.29, 1.82) is 0 Å². The molecule has 0 unspecified atom stereocenters. The number of nitrogens with one attached hydrogen (secondary N) is 4. The highest BCUT2D eigenvalue weighted by Crippen LogP contribution is 2.22. The summed E-state index contributed by atoms with van der Waals surface area (Å²) in [6.45, 7) is 1.25. The van der Waals surface area contributed by atoms with Crippen molar-refractivity contribution in [1.82, 2.24) is 20.6 Å². The fourth-order valence-electron chi connectivity index (χ4n) is 3.78. The van der Waals surface area contributed by atoms with Gasteiger partial charge in [0.25, 0.3) is 5.91 Å². The second-order valence-electron chi connectivity index (χ2n) is 7.87. The Balaban J connectivity index is 1.26. The van der Waals surface area contributed by atoms with Gasteiger partial charge in [0.15, 0.2) is 5.11 Å². The largest absolute Gasteiger partial charge is 0.362 e. The lowest BCUT2D eigenvalue weighted by molar-refractivity contribution is 0.0948. The molecule has 0 bridgehead atoms. The topological polar surface area (TPSA) is 81.8 Å². The summed E-state index contributed by atoms with van der Waals surface area (Å²) in [5.74, 6) is -0.175. The Morgan fingerprint density at radius 3 is 2.68 bits per heavy atom. The number of rotatable bonds is 9. The highest BCUT2D eigenvalue weighted by atomic mass is 35.5. The molecule has 4 rings (SSSR count). The maximum absolute atomic E-state index is 12.1. The van der Waals surface area contributed by atoms with Crippen LogP contribution >= 0.6 is 23.8 Å². The van der Waals surface area contributed by atoms with Gasteiger partial charge in [-0.2, -0.15) is 0 Å². The molecular weight excluding hydrogens is 466 g/mol. The van der Waals surface area contributed by atoms with Crippen LogP contribution in [0.3, 0.4) is 0 Å². The molecule has 2 aromatic carbocycles. The number of hydrogen-bond acceptors (Lipinski definition) is 3. The molecule has 0 atom stereocenters. The molecule has 2 aromatic heterocycles. The summed E-state index contributed by atoms with van der Waals surface area (Å²) in [6, 6.07) is 19.2. The average molecular weight is 492 g/mol. The SMILES string of the molecule is O=C(NCCCc1cc(Cl)ccc1NC(=S)NCCc1c[nH]c2ccccc12)c1ccccn1. The number of nitrogens with zero attached hydrogens (tertiary/aromatic N) is 1. The first kappa shape index (κ1) is 23.7. The number of aryl methyl sites for hydroxylation is 1. The second-order valence-corrected chi connectivity index (χ2v) is 8.71. The molecule has 4 N–H and O–H groups in total. The van der Waals surface area contributed by atoms with E-state index in [1.54, 1.807) is 24.4 Å². The van der Waals surface area contributed by atoms with Crippen LogP contribution in [0.25, 0.3) is 10.9 Å². The Morgan fingerprint density at radius 1 is 0.971 bits per heavy atom. The van der Waals surface area contributed by atoms with E-state index in [0.29, 0.717) is 22.4 Å². The maximum atomic E-state index is 12.1. The van der Waals surface area contributed by atoms with Crippen molar-refractivity contribution in [2.24, 2.45) is 0 Å². The quantitative estimate of drug-likeness (QED) is 0.193. The number of aromatic nitrogens is 2. The lowest BCUT2D eigenvalue weighted by Crippen LogP contribution is -2.30. The minimum absolute atomic E-state index is 0.175. The lowest BCUT2D eigenvalue weighted by atomic mass is 10.1. The number of para-hydroxylation sites is 1. The average Bonchev–Trinajstić information content (AvgIpc) is 3.27. The zero-order valence-corrected chi connectivity index (χ0v) is 20.2. The Kier molecular flexibility index (Phi) is 8.12. The van der Waals surface area contributed by atoms with E-state index in [2.05, 4.69) is 38.1 Å². The minimum Gasteiger partial charge on any atom is -0.362 e. The third-order valence-corrected chi connectivity index (χ3v) is 5.96. The highest BCUT2D eigenvalue weighted by Gasteiger charge is 2.09. The number of thiocarbonyl (C=S) groups is 1. The van der Waals surface area contributed by atoms with E-state index in [0.717, 1.165) is 42.6 Å². The van der Waals surface area contributed by atoms with Gasteiger partial charge in [0.1, 0.15) is 5.69 Å². The molecule has 1 amide bonds. The fraction of sp³-hybridized carbons (Fsp3) is 0.192. The molecule has 0 saturated carbocycles. The molecule has 0 aliphatic carbocycles. The predicted molar refractivity (Wildman–Crippen MR) is 143 cm³/mol. The van der Waals surface area contributed by atoms with Crippen molar-refractivity contribution in [2.75, 3.05) is 18.4 Å². The minimum atomic E-state index is -0.175. The summed E-state index contributed by atoms with van der Waals surface area (Å²) in [6.07, 6.45) is 6.01. The molecule has 0 fully saturated rings. The van der Waals surface area contributed by atoms with Crippen molar-refractivity contribution in [2.45, 2.75) is 19.3 Å². The standard InChI is InChI=1S/C26H26ClN5OS/c27-20-10-11-22(18(16-20)6-5-14-29-25(33)24-9-3-4-13-28-24)32-26(34)30-15-12-19-17-31-23-8-2-1-7-21(19)23/h1-4,7-11,13,16-17,31H,5-6,12,14-15H2,(H,29,33)(H2,30,32,34). The Labute approximate surface area is 209 Å². The summed E-state index contributed by atoms with van der Waals surface area (Å²) < 4.78 is 0. The molecule has 8 heteroatoms.